The van der Waals surface area contributed by atoms with E-state index in [0.29, 0.717) is 12.4 Å². The molecule has 0 aliphatic heterocycles. The van der Waals surface area contributed by atoms with Crippen LogP contribution in [0.5, 0.6) is 0 Å². The number of pyridine rings is 1. The fraction of sp³-hybridized carbons (Fsp3) is 0.250. The monoisotopic (exact) mass is 382 g/mol. The lowest BCUT2D eigenvalue weighted by atomic mass is 10.2. The van der Waals surface area contributed by atoms with Crippen molar-refractivity contribution >= 4 is 29.1 Å². The number of ether oxygens (including phenoxy) is 1. The Morgan fingerprint density at radius 2 is 1.93 bits per heavy atom. The molecule has 2 N–H and O–H groups in total. The lowest BCUT2D eigenvalue weighted by molar-refractivity contribution is 0.0635. The molecule has 0 saturated carbocycles. The summed E-state index contributed by atoms with van der Waals surface area (Å²) in [6, 6.07) is 14.0. The smallest absolute Gasteiger partial charge is 0.413 e. The van der Waals surface area contributed by atoms with Gasteiger partial charge in [-0.1, -0.05) is 30.3 Å². The van der Waals surface area contributed by atoms with E-state index in [0.717, 1.165) is 16.3 Å². The average Bonchev–Trinajstić information content (AvgIpc) is 3.07. The fourth-order valence-electron chi connectivity index (χ4n) is 2.40. The molecule has 140 valence electrons. The molecule has 0 atom stereocenters. The molecule has 2 aromatic heterocycles. The van der Waals surface area contributed by atoms with Gasteiger partial charge in [0.25, 0.3) is 0 Å². The fourth-order valence-corrected chi connectivity index (χ4v) is 3.14. The maximum Gasteiger partial charge on any atom is 0.413 e. The highest BCUT2D eigenvalue weighted by molar-refractivity contribution is 7.13. The largest absolute Gasteiger partial charge is 0.444 e. The minimum absolute atomic E-state index is 0.481. The Morgan fingerprint density at radius 3 is 2.67 bits per heavy atom. The lowest BCUT2D eigenvalue weighted by Crippen LogP contribution is -2.27. The quantitative estimate of drug-likeness (QED) is 0.637. The van der Waals surface area contributed by atoms with Crippen molar-refractivity contribution in [3.05, 3.63) is 59.7 Å². The van der Waals surface area contributed by atoms with E-state index < -0.39 is 11.7 Å². The molecule has 0 bridgehead atoms. The van der Waals surface area contributed by atoms with Crippen LogP contribution in [-0.4, -0.2) is 21.7 Å². The van der Waals surface area contributed by atoms with Gasteiger partial charge in [0.15, 0.2) is 5.82 Å². The van der Waals surface area contributed by atoms with Gasteiger partial charge in [0.1, 0.15) is 11.4 Å². The number of carbonyl (C=O) groups is 1. The first-order valence-corrected chi connectivity index (χ1v) is 9.46. The first-order chi connectivity index (χ1) is 12.9. The highest BCUT2D eigenvalue weighted by atomic mass is 32.1. The zero-order valence-corrected chi connectivity index (χ0v) is 16.3. The summed E-state index contributed by atoms with van der Waals surface area (Å²) in [4.78, 5) is 21.5. The Labute approximate surface area is 162 Å². The van der Waals surface area contributed by atoms with Crippen LogP contribution in [0.2, 0.25) is 0 Å². The van der Waals surface area contributed by atoms with Gasteiger partial charge in [-0.15, -0.1) is 11.3 Å². The second-order valence-electron chi connectivity index (χ2n) is 6.93. The molecule has 6 nitrogen and oxygen atoms in total. The Morgan fingerprint density at radius 1 is 1.15 bits per heavy atom. The summed E-state index contributed by atoms with van der Waals surface area (Å²) >= 11 is 1.45. The van der Waals surface area contributed by atoms with Gasteiger partial charge in [-0.05, 0) is 38.5 Å². The molecule has 2 heterocycles. The molecule has 0 fully saturated rings. The van der Waals surface area contributed by atoms with Crippen LogP contribution < -0.4 is 10.6 Å². The average molecular weight is 382 g/mol. The van der Waals surface area contributed by atoms with Crippen molar-refractivity contribution in [2.45, 2.75) is 32.9 Å². The minimum Gasteiger partial charge on any atom is -0.444 e. The van der Waals surface area contributed by atoms with Gasteiger partial charge >= 0.3 is 6.09 Å². The molecular formula is C20H22N4O2S. The van der Waals surface area contributed by atoms with Crippen molar-refractivity contribution in [2.24, 2.45) is 0 Å². The number of benzene rings is 1. The standard InChI is InChI=1S/C20H22N4O2S/c1-20(2,3)26-19(25)24-18-17(27-13-23-18)15-9-10-21-16(11-15)22-12-14-7-5-4-6-8-14/h4-11,13H,12H2,1-3H3,(H,21,22)(H,24,25). The highest BCUT2D eigenvalue weighted by Crippen LogP contribution is 2.32. The van der Waals surface area contributed by atoms with Crippen LogP contribution in [-0.2, 0) is 11.3 Å². The number of hydrogen-bond acceptors (Lipinski definition) is 6. The molecule has 1 aromatic carbocycles. The third-order valence-corrected chi connectivity index (χ3v) is 4.40. The van der Waals surface area contributed by atoms with Crippen LogP contribution in [0.1, 0.15) is 26.3 Å². The van der Waals surface area contributed by atoms with Crippen LogP contribution in [0.3, 0.4) is 0 Å². The van der Waals surface area contributed by atoms with E-state index in [9.17, 15) is 4.79 Å². The molecule has 0 radical (unpaired) electrons. The van der Waals surface area contributed by atoms with E-state index in [2.05, 4.69) is 32.7 Å². The first-order valence-electron chi connectivity index (χ1n) is 8.58. The lowest BCUT2D eigenvalue weighted by Gasteiger charge is -2.19. The predicted molar refractivity (Wildman–Crippen MR) is 109 cm³/mol. The van der Waals surface area contributed by atoms with Crippen molar-refractivity contribution in [1.29, 1.82) is 0 Å². The minimum atomic E-state index is -0.564. The SMILES string of the molecule is CC(C)(C)OC(=O)Nc1ncsc1-c1ccnc(NCc2ccccc2)c1. The molecule has 1 amide bonds. The Balaban J connectivity index is 1.72. The topological polar surface area (TPSA) is 76.1 Å². The van der Waals surface area contributed by atoms with Crippen molar-refractivity contribution in [3.8, 4) is 10.4 Å². The molecule has 27 heavy (non-hydrogen) atoms. The zero-order chi connectivity index (χ0) is 19.3. The summed E-state index contributed by atoms with van der Waals surface area (Å²) in [5.41, 5.74) is 3.23. The molecule has 0 aliphatic carbocycles. The van der Waals surface area contributed by atoms with Crippen LogP contribution in [0.15, 0.2) is 54.2 Å². The number of hydrogen-bond donors (Lipinski definition) is 2. The zero-order valence-electron chi connectivity index (χ0n) is 15.5. The second-order valence-corrected chi connectivity index (χ2v) is 7.78. The van der Waals surface area contributed by atoms with Crippen molar-refractivity contribution in [3.63, 3.8) is 0 Å². The predicted octanol–water partition coefficient (Wildman–Crippen LogP) is 5.16. The summed E-state index contributed by atoms with van der Waals surface area (Å²) in [5.74, 6) is 1.24. The molecule has 3 rings (SSSR count). The molecule has 0 aliphatic rings. The molecular weight excluding hydrogens is 360 g/mol. The molecule has 0 spiro atoms. The van der Waals surface area contributed by atoms with Gasteiger partial charge in [-0.25, -0.2) is 14.8 Å². The van der Waals surface area contributed by atoms with E-state index >= 15 is 0 Å². The summed E-state index contributed by atoms with van der Waals surface area (Å²) in [5, 5.41) is 6.04. The van der Waals surface area contributed by atoms with E-state index in [-0.39, 0.29) is 0 Å². The first kappa shape index (κ1) is 18.8. The van der Waals surface area contributed by atoms with Gasteiger partial charge in [0.2, 0.25) is 0 Å². The van der Waals surface area contributed by atoms with Crippen molar-refractivity contribution in [2.75, 3.05) is 10.6 Å². The Kier molecular flexibility index (Phi) is 5.71. The number of rotatable bonds is 5. The van der Waals surface area contributed by atoms with Crippen LogP contribution in [0.25, 0.3) is 10.4 Å². The van der Waals surface area contributed by atoms with E-state index in [1.807, 2.05) is 51.1 Å². The van der Waals surface area contributed by atoms with Gasteiger partial charge in [-0.2, -0.15) is 0 Å². The van der Waals surface area contributed by atoms with Crippen molar-refractivity contribution < 1.29 is 9.53 Å². The summed E-state index contributed by atoms with van der Waals surface area (Å²) < 4.78 is 5.30. The Hall–Kier alpha value is -2.93. The van der Waals surface area contributed by atoms with Gasteiger partial charge in [0.05, 0.1) is 10.4 Å². The maximum absolute atomic E-state index is 12.0. The van der Waals surface area contributed by atoms with Gasteiger partial charge in [0, 0.05) is 18.3 Å². The number of thiazole rings is 1. The summed E-state index contributed by atoms with van der Waals surface area (Å²) in [7, 11) is 0. The van der Waals surface area contributed by atoms with Crippen LogP contribution in [0, 0.1) is 0 Å². The van der Waals surface area contributed by atoms with E-state index in [1.165, 1.54) is 16.9 Å². The molecule has 0 saturated heterocycles. The van der Waals surface area contributed by atoms with E-state index in [4.69, 9.17) is 4.74 Å². The second kappa shape index (κ2) is 8.18. The normalized spacial score (nSPS) is 11.1. The van der Waals surface area contributed by atoms with Gasteiger partial charge in [-0.3, -0.25) is 5.32 Å². The van der Waals surface area contributed by atoms with E-state index in [1.54, 1.807) is 11.7 Å². The molecule has 3 aromatic rings. The number of aromatic nitrogens is 2. The number of nitrogens with one attached hydrogen (secondary N) is 2. The third-order valence-electron chi connectivity index (χ3n) is 3.53. The number of carbonyl (C=O) groups excluding carboxylic acids is 1. The van der Waals surface area contributed by atoms with Crippen LogP contribution in [0.4, 0.5) is 16.4 Å². The van der Waals surface area contributed by atoms with Gasteiger partial charge < -0.3 is 10.1 Å². The highest BCUT2D eigenvalue weighted by Gasteiger charge is 2.19. The summed E-state index contributed by atoms with van der Waals surface area (Å²) in [6.07, 6.45) is 1.21. The maximum atomic E-state index is 12.0. The molecule has 0 unspecified atom stereocenters. The molecule has 7 heteroatoms. The Bertz CT molecular complexity index is 904. The third kappa shape index (κ3) is 5.52. The summed E-state index contributed by atoms with van der Waals surface area (Å²) in [6.45, 7) is 6.15. The number of nitrogens with zero attached hydrogens (tertiary/aromatic N) is 2. The number of amides is 1. The number of anilines is 2. The van der Waals surface area contributed by atoms with Crippen LogP contribution >= 0.6 is 11.3 Å². The van der Waals surface area contributed by atoms with Crippen molar-refractivity contribution in [1.82, 2.24) is 9.97 Å².